The Morgan fingerprint density at radius 1 is 1.20 bits per heavy atom. The van der Waals surface area contributed by atoms with Gasteiger partial charge in [0, 0.05) is 23.7 Å². The molecule has 0 aliphatic heterocycles. The van der Waals surface area contributed by atoms with Crippen LogP contribution in [0.4, 0.5) is 15.6 Å². The van der Waals surface area contributed by atoms with Gasteiger partial charge in [-0.2, -0.15) is 0 Å². The number of amides is 2. The highest BCUT2D eigenvalue weighted by atomic mass is 35.5. The minimum atomic E-state index is -0.392. The van der Waals surface area contributed by atoms with Gasteiger partial charge in [0.05, 0.1) is 10.7 Å². The lowest BCUT2D eigenvalue weighted by atomic mass is 10.2. The molecule has 3 aromatic heterocycles. The van der Waals surface area contributed by atoms with Gasteiger partial charge in [0.15, 0.2) is 4.34 Å². The Balaban J connectivity index is 1.38. The molecule has 4 rings (SSSR count). The summed E-state index contributed by atoms with van der Waals surface area (Å²) in [4.78, 5) is 28.8. The van der Waals surface area contributed by atoms with E-state index in [2.05, 4.69) is 25.8 Å². The SMILES string of the molecule is Cc1cccc(NC(=O)Nc2nnc(SCc3cc(=O)n4cc(Cl)ccc4n3)s2)c1. The van der Waals surface area contributed by atoms with Gasteiger partial charge in [0.2, 0.25) is 5.13 Å². The molecule has 30 heavy (non-hydrogen) atoms. The fourth-order valence-corrected chi connectivity index (χ4v) is 4.44. The summed E-state index contributed by atoms with van der Waals surface area (Å²) < 4.78 is 2.05. The third-order valence-electron chi connectivity index (χ3n) is 3.92. The zero-order chi connectivity index (χ0) is 21.1. The first-order chi connectivity index (χ1) is 14.5. The molecule has 0 saturated carbocycles. The van der Waals surface area contributed by atoms with Crippen LogP contribution in [-0.4, -0.2) is 25.6 Å². The molecule has 0 spiro atoms. The second kappa shape index (κ2) is 8.82. The Morgan fingerprint density at radius 2 is 2.07 bits per heavy atom. The molecule has 8 nitrogen and oxygen atoms in total. The van der Waals surface area contributed by atoms with E-state index in [0.29, 0.717) is 37.3 Å². The lowest BCUT2D eigenvalue weighted by Crippen LogP contribution is -2.19. The van der Waals surface area contributed by atoms with Crippen LogP contribution in [0.1, 0.15) is 11.3 Å². The van der Waals surface area contributed by atoms with Gasteiger partial charge in [-0.15, -0.1) is 10.2 Å². The van der Waals surface area contributed by atoms with Crippen molar-refractivity contribution in [3.63, 3.8) is 0 Å². The number of carbonyl (C=O) groups is 1. The molecule has 11 heteroatoms. The molecule has 0 unspecified atom stereocenters. The van der Waals surface area contributed by atoms with Gasteiger partial charge < -0.3 is 5.32 Å². The van der Waals surface area contributed by atoms with E-state index < -0.39 is 6.03 Å². The van der Waals surface area contributed by atoms with Gasteiger partial charge in [-0.25, -0.2) is 9.78 Å². The summed E-state index contributed by atoms with van der Waals surface area (Å²) in [5, 5.41) is 14.3. The Morgan fingerprint density at radius 3 is 2.90 bits per heavy atom. The maximum atomic E-state index is 12.2. The van der Waals surface area contributed by atoms with Gasteiger partial charge in [-0.1, -0.05) is 46.8 Å². The number of anilines is 2. The first-order valence-corrected chi connectivity index (χ1v) is 10.9. The number of fused-ring (bicyclic) bond motifs is 1. The number of carbonyl (C=O) groups excluding carboxylic acids is 1. The number of hydrogen-bond donors (Lipinski definition) is 2. The number of benzene rings is 1. The highest BCUT2D eigenvalue weighted by Gasteiger charge is 2.10. The summed E-state index contributed by atoms with van der Waals surface area (Å²) in [5.41, 5.74) is 2.68. The summed E-state index contributed by atoms with van der Waals surface area (Å²) in [5.74, 6) is 0.443. The van der Waals surface area contributed by atoms with Gasteiger partial charge in [0.25, 0.3) is 5.56 Å². The van der Waals surface area contributed by atoms with Gasteiger partial charge in [-0.3, -0.25) is 14.5 Å². The molecule has 4 aromatic rings. The number of halogens is 1. The average Bonchev–Trinajstić information content (AvgIpc) is 3.14. The second-order valence-corrected chi connectivity index (χ2v) is 8.91. The monoisotopic (exact) mass is 458 g/mol. The summed E-state index contributed by atoms with van der Waals surface area (Å²) in [6.45, 7) is 1.95. The molecule has 0 aliphatic carbocycles. The van der Waals surface area contributed by atoms with Crippen LogP contribution in [0.5, 0.6) is 0 Å². The second-order valence-electron chi connectivity index (χ2n) is 6.27. The summed E-state index contributed by atoms with van der Waals surface area (Å²) >= 11 is 8.55. The Hall–Kier alpha value is -2.95. The molecule has 152 valence electrons. The van der Waals surface area contributed by atoms with Crippen molar-refractivity contribution in [2.75, 3.05) is 10.6 Å². The zero-order valence-electron chi connectivity index (χ0n) is 15.6. The summed E-state index contributed by atoms with van der Waals surface area (Å²) in [7, 11) is 0. The maximum Gasteiger partial charge on any atom is 0.325 e. The van der Waals surface area contributed by atoms with Crippen LogP contribution in [0.2, 0.25) is 5.02 Å². The fraction of sp³-hybridized carbons (Fsp3) is 0.105. The van der Waals surface area contributed by atoms with Crippen molar-refractivity contribution in [3.05, 3.63) is 75.3 Å². The fourth-order valence-electron chi connectivity index (χ4n) is 2.64. The number of nitrogens with one attached hydrogen (secondary N) is 2. The molecule has 0 saturated heterocycles. The minimum Gasteiger partial charge on any atom is -0.308 e. The van der Waals surface area contributed by atoms with Crippen molar-refractivity contribution in [1.29, 1.82) is 0 Å². The third kappa shape index (κ3) is 4.96. The number of urea groups is 1. The average molecular weight is 459 g/mol. The number of rotatable bonds is 5. The van der Waals surface area contributed by atoms with Crippen molar-refractivity contribution in [1.82, 2.24) is 19.6 Å². The molecule has 3 heterocycles. The first-order valence-electron chi connectivity index (χ1n) is 8.75. The van der Waals surface area contributed by atoms with E-state index >= 15 is 0 Å². The Bertz CT molecular complexity index is 1290. The van der Waals surface area contributed by atoms with Crippen molar-refractivity contribution in [2.24, 2.45) is 0 Å². The molecule has 2 N–H and O–H groups in total. The topological polar surface area (TPSA) is 101 Å². The van der Waals surface area contributed by atoms with E-state index in [9.17, 15) is 9.59 Å². The normalized spacial score (nSPS) is 10.9. The summed E-state index contributed by atoms with van der Waals surface area (Å²) in [6.07, 6.45) is 1.54. The van der Waals surface area contributed by atoms with Crippen LogP contribution in [0.15, 0.2) is 57.8 Å². The maximum absolute atomic E-state index is 12.2. The Kier molecular flexibility index (Phi) is 5.98. The number of aromatic nitrogens is 4. The van der Waals surface area contributed by atoms with Crippen LogP contribution in [0.25, 0.3) is 5.65 Å². The lowest BCUT2D eigenvalue weighted by molar-refractivity contribution is 0.262. The van der Waals surface area contributed by atoms with E-state index in [1.165, 1.54) is 39.8 Å². The standard InChI is InChI=1S/C19H15ClN6O2S2/c1-11-3-2-4-13(7-11)22-17(28)23-18-24-25-19(30-18)29-10-14-8-16(27)26-9-12(20)5-6-15(26)21-14/h2-9H,10H2,1H3,(H2,22,23,24,28). The number of hydrogen-bond acceptors (Lipinski definition) is 7. The first kappa shape index (κ1) is 20.3. The molecule has 0 bridgehead atoms. The van der Waals surface area contributed by atoms with Gasteiger partial charge in [0.1, 0.15) is 5.65 Å². The van der Waals surface area contributed by atoms with Gasteiger partial charge >= 0.3 is 6.03 Å². The highest BCUT2D eigenvalue weighted by Crippen LogP contribution is 2.28. The van der Waals surface area contributed by atoms with Crippen molar-refractivity contribution >= 4 is 57.2 Å². The van der Waals surface area contributed by atoms with E-state index in [0.717, 1.165) is 5.56 Å². The van der Waals surface area contributed by atoms with E-state index in [4.69, 9.17) is 11.6 Å². The molecule has 2 amide bonds. The largest absolute Gasteiger partial charge is 0.325 e. The predicted octanol–water partition coefficient (Wildman–Crippen LogP) is 4.44. The smallest absolute Gasteiger partial charge is 0.308 e. The lowest BCUT2D eigenvalue weighted by Gasteiger charge is -2.05. The third-order valence-corrected chi connectivity index (χ3v) is 6.15. The summed E-state index contributed by atoms with van der Waals surface area (Å²) in [6, 6.07) is 11.9. The van der Waals surface area contributed by atoms with Crippen molar-refractivity contribution in [3.8, 4) is 0 Å². The van der Waals surface area contributed by atoms with E-state index in [1.54, 1.807) is 18.2 Å². The minimum absolute atomic E-state index is 0.203. The predicted molar refractivity (Wildman–Crippen MR) is 120 cm³/mol. The quantitative estimate of drug-likeness (QED) is 0.338. The van der Waals surface area contributed by atoms with E-state index in [1.807, 2.05) is 25.1 Å². The number of thioether (sulfide) groups is 1. The molecular formula is C19H15ClN6O2S2. The Labute approximate surface area is 184 Å². The highest BCUT2D eigenvalue weighted by molar-refractivity contribution is 8.00. The molecule has 1 aromatic carbocycles. The van der Waals surface area contributed by atoms with Crippen molar-refractivity contribution < 1.29 is 4.79 Å². The van der Waals surface area contributed by atoms with Crippen LogP contribution >= 0.6 is 34.7 Å². The van der Waals surface area contributed by atoms with Crippen LogP contribution in [0, 0.1) is 6.92 Å². The van der Waals surface area contributed by atoms with Crippen LogP contribution in [0.3, 0.4) is 0 Å². The molecule has 0 fully saturated rings. The number of nitrogens with zero attached hydrogens (tertiary/aromatic N) is 4. The molecule has 0 atom stereocenters. The number of aryl methyl sites for hydroxylation is 1. The zero-order valence-corrected chi connectivity index (χ0v) is 18.0. The van der Waals surface area contributed by atoms with Crippen molar-refractivity contribution in [2.45, 2.75) is 17.0 Å². The van der Waals surface area contributed by atoms with Crippen LogP contribution in [-0.2, 0) is 5.75 Å². The molecular weight excluding hydrogens is 444 g/mol. The van der Waals surface area contributed by atoms with Crippen LogP contribution < -0.4 is 16.2 Å². The van der Waals surface area contributed by atoms with E-state index in [-0.39, 0.29) is 5.56 Å². The molecule has 0 radical (unpaired) electrons. The molecule has 0 aliphatic rings. The van der Waals surface area contributed by atoms with Gasteiger partial charge in [-0.05, 0) is 36.8 Å². The number of pyridine rings is 1.